The molecule has 37 heavy (non-hydrogen) atoms. The van der Waals surface area contributed by atoms with Crippen molar-refractivity contribution >= 4 is 55.5 Å². The van der Waals surface area contributed by atoms with Crippen LogP contribution in [0.5, 0.6) is 0 Å². The van der Waals surface area contributed by atoms with E-state index in [4.69, 9.17) is 14.2 Å². The molecule has 3 aromatic carbocycles. The molecule has 1 saturated heterocycles. The molecule has 1 amide bonds. The van der Waals surface area contributed by atoms with Crippen LogP contribution in [0.1, 0.15) is 35.5 Å². The highest BCUT2D eigenvalue weighted by Crippen LogP contribution is 2.59. The van der Waals surface area contributed by atoms with E-state index in [0.717, 1.165) is 54.7 Å². The number of esters is 1. The Labute approximate surface area is 211 Å². The Hall–Kier alpha value is -3.88. The number of ether oxygens (including phenoxy) is 3. The molecule has 2 bridgehead atoms. The minimum absolute atomic E-state index is 0.0268. The van der Waals surface area contributed by atoms with Crippen LogP contribution in [-0.2, 0) is 31.3 Å². The molecule has 8 rings (SSSR count). The summed E-state index contributed by atoms with van der Waals surface area (Å²) < 4.78 is 22.7. The van der Waals surface area contributed by atoms with Crippen LogP contribution < -0.4 is 0 Å². The zero-order valence-corrected chi connectivity index (χ0v) is 21.0. The molecule has 2 aromatic heterocycles. The molecule has 1 fully saturated rings. The molecule has 5 heterocycles. The zero-order valence-electron chi connectivity index (χ0n) is 21.0. The van der Waals surface area contributed by atoms with Crippen molar-refractivity contribution in [3.05, 3.63) is 59.7 Å². The quantitative estimate of drug-likeness (QED) is 0.333. The van der Waals surface area contributed by atoms with E-state index in [9.17, 15) is 9.59 Å². The number of nitrogens with zero attached hydrogens (tertiary/aromatic N) is 3. The normalized spacial score (nSPS) is 26.2. The van der Waals surface area contributed by atoms with Crippen molar-refractivity contribution in [1.82, 2.24) is 14.0 Å². The fourth-order valence-corrected chi connectivity index (χ4v) is 7.44. The number of hydrogen-bond donors (Lipinski definition) is 0. The number of fused-ring (bicyclic) bond motifs is 13. The van der Waals surface area contributed by atoms with Crippen molar-refractivity contribution in [1.29, 1.82) is 0 Å². The highest BCUT2D eigenvalue weighted by Gasteiger charge is 2.67. The summed E-state index contributed by atoms with van der Waals surface area (Å²) in [6, 6.07) is 16.2. The standard InChI is InChI=1S/C29H25N3O5/c1-28-29(36-4,27(34)35-3)13-20(37-28)31-18-11-7-5-9-15(18)22-23-17(14-30(2)26(23)33)21-16-10-6-8-12-19(16)32(28)25(21)24(22)31/h5-12,20H,13-14H2,1-4H3/t20?,28?,29-/m0/s1. The van der Waals surface area contributed by atoms with Gasteiger partial charge in [0.2, 0.25) is 5.60 Å². The van der Waals surface area contributed by atoms with Crippen LogP contribution in [0.4, 0.5) is 0 Å². The molecular weight excluding hydrogens is 470 g/mol. The first kappa shape index (κ1) is 21.2. The third-order valence-corrected chi connectivity index (χ3v) is 8.97. The van der Waals surface area contributed by atoms with Crippen molar-refractivity contribution in [3.63, 3.8) is 0 Å². The van der Waals surface area contributed by atoms with E-state index in [2.05, 4.69) is 27.3 Å². The van der Waals surface area contributed by atoms with Gasteiger partial charge in [-0.2, -0.15) is 0 Å². The topological polar surface area (TPSA) is 74.9 Å². The number of aromatic nitrogens is 2. The lowest BCUT2D eigenvalue weighted by Crippen LogP contribution is -2.57. The van der Waals surface area contributed by atoms with Gasteiger partial charge in [-0.3, -0.25) is 4.79 Å². The first-order valence-corrected chi connectivity index (χ1v) is 12.5. The number of carbonyl (C=O) groups excluding carboxylic acids is 2. The summed E-state index contributed by atoms with van der Waals surface area (Å²) in [5.41, 5.74) is 2.95. The molecule has 186 valence electrons. The smallest absolute Gasteiger partial charge is 0.343 e. The lowest BCUT2D eigenvalue weighted by atomic mass is 9.88. The highest BCUT2D eigenvalue weighted by molar-refractivity contribution is 6.31. The van der Waals surface area contributed by atoms with Crippen molar-refractivity contribution in [2.24, 2.45) is 0 Å². The monoisotopic (exact) mass is 495 g/mol. The first-order chi connectivity index (χ1) is 17.9. The van der Waals surface area contributed by atoms with E-state index >= 15 is 0 Å². The van der Waals surface area contributed by atoms with Gasteiger partial charge >= 0.3 is 5.97 Å². The Morgan fingerprint density at radius 2 is 1.68 bits per heavy atom. The molecule has 3 aliphatic heterocycles. The van der Waals surface area contributed by atoms with Crippen molar-refractivity contribution < 1.29 is 23.8 Å². The largest absolute Gasteiger partial charge is 0.467 e. The van der Waals surface area contributed by atoms with Crippen LogP contribution in [0.3, 0.4) is 0 Å². The third kappa shape index (κ3) is 2.09. The van der Waals surface area contributed by atoms with Crippen LogP contribution in [0.25, 0.3) is 43.6 Å². The van der Waals surface area contributed by atoms with Gasteiger partial charge in [0.05, 0.1) is 34.7 Å². The van der Waals surface area contributed by atoms with Gasteiger partial charge in [0.25, 0.3) is 5.91 Å². The molecule has 3 atom stereocenters. The maximum absolute atomic E-state index is 13.7. The van der Waals surface area contributed by atoms with Crippen molar-refractivity contribution in [3.8, 4) is 0 Å². The fourth-order valence-electron chi connectivity index (χ4n) is 7.44. The maximum atomic E-state index is 13.7. The first-order valence-electron chi connectivity index (χ1n) is 12.5. The maximum Gasteiger partial charge on any atom is 0.343 e. The minimum atomic E-state index is -1.39. The van der Waals surface area contributed by atoms with E-state index in [1.165, 1.54) is 7.11 Å². The van der Waals surface area contributed by atoms with E-state index in [1.54, 1.807) is 12.0 Å². The van der Waals surface area contributed by atoms with Gasteiger partial charge in [-0.25, -0.2) is 4.79 Å². The van der Waals surface area contributed by atoms with E-state index in [1.807, 2.05) is 44.3 Å². The zero-order chi connectivity index (χ0) is 25.4. The van der Waals surface area contributed by atoms with Crippen LogP contribution >= 0.6 is 0 Å². The number of benzene rings is 3. The Morgan fingerprint density at radius 3 is 2.38 bits per heavy atom. The average Bonchev–Trinajstić information content (AvgIpc) is 3.58. The average molecular weight is 496 g/mol. The number of para-hydroxylation sites is 2. The number of amides is 1. The predicted molar refractivity (Wildman–Crippen MR) is 138 cm³/mol. The minimum Gasteiger partial charge on any atom is -0.467 e. The highest BCUT2D eigenvalue weighted by atomic mass is 16.6. The fraction of sp³-hybridized carbons (Fsp3) is 0.310. The molecule has 0 saturated carbocycles. The predicted octanol–water partition coefficient (Wildman–Crippen LogP) is 4.65. The summed E-state index contributed by atoms with van der Waals surface area (Å²) in [4.78, 5) is 29.0. The van der Waals surface area contributed by atoms with Gasteiger partial charge in [0.1, 0.15) is 6.23 Å². The third-order valence-electron chi connectivity index (χ3n) is 8.97. The summed E-state index contributed by atoms with van der Waals surface area (Å²) in [6.07, 6.45) is -0.251. The van der Waals surface area contributed by atoms with Crippen LogP contribution in [-0.4, -0.2) is 52.8 Å². The lowest BCUT2D eigenvalue weighted by Gasteiger charge is -2.40. The number of carbonyl (C=O) groups is 2. The molecule has 0 N–H and O–H groups in total. The second kappa shape index (κ2) is 6.51. The van der Waals surface area contributed by atoms with Crippen LogP contribution in [0.15, 0.2) is 48.5 Å². The van der Waals surface area contributed by atoms with Gasteiger partial charge in [-0.1, -0.05) is 36.4 Å². The molecule has 0 aliphatic carbocycles. The van der Waals surface area contributed by atoms with E-state index < -0.39 is 23.5 Å². The Bertz CT molecular complexity index is 1880. The van der Waals surface area contributed by atoms with Crippen LogP contribution in [0, 0.1) is 0 Å². The summed E-state index contributed by atoms with van der Waals surface area (Å²) >= 11 is 0. The molecule has 0 spiro atoms. The molecule has 0 radical (unpaired) electrons. The number of hydrogen-bond acceptors (Lipinski definition) is 5. The second-order valence-corrected chi connectivity index (χ2v) is 10.5. The summed E-state index contributed by atoms with van der Waals surface area (Å²) in [7, 11) is 4.79. The van der Waals surface area contributed by atoms with Gasteiger partial charge in [-0.05, 0) is 24.6 Å². The molecule has 5 aromatic rings. The molecule has 8 nitrogen and oxygen atoms in total. The summed E-state index contributed by atoms with van der Waals surface area (Å²) in [6.45, 7) is 2.44. The van der Waals surface area contributed by atoms with Crippen LogP contribution in [0.2, 0.25) is 0 Å². The van der Waals surface area contributed by atoms with E-state index in [0.29, 0.717) is 6.54 Å². The molecule has 2 unspecified atom stereocenters. The Morgan fingerprint density at radius 1 is 1.00 bits per heavy atom. The lowest BCUT2D eigenvalue weighted by molar-refractivity contribution is -0.210. The summed E-state index contributed by atoms with van der Waals surface area (Å²) in [5.74, 6) is -0.447. The number of methoxy groups -OCH3 is 2. The molecular formula is C29H25N3O5. The van der Waals surface area contributed by atoms with Gasteiger partial charge < -0.3 is 28.2 Å². The number of rotatable bonds is 2. The van der Waals surface area contributed by atoms with Gasteiger partial charge in [0, 0.05) is 48.7 Å². The summed E-state index contributed by atoms with van der Waals surface area (Å²) in [5, 5.41) is 3.97. The second-order valence-electron chi connectivity index (χ2n) is 10.5. The Balaban J connectivity index is 1.72. The van der Waals surface area contributed by atoms with Crippen molar-refractivity contribution in [2.45, 2.75) is 37.4 Å². The van der Waals surface area contributed by atoms with Gasteiger partial charge in [0.15, 0.2) is 5.72 Å². The van der Waals surface area contributed by atoms with Crippen molar-refractivity contribution in [2.75, 3.05) is 21.3 Å². The SMILES string of the molecule is COC(=O)[C@@]1(OC)CC2OC1(C)n1c3ccccc3c3c4c(c5c6ccccc6n2c5c31)C(=O)N(C)C4. The van der Waals surface area contributed by atoms with Gasteiger partial charge in [-0.15, -0.1) is 0 Å². The van der Waals surface area contributed by atoms with E-state index in [-0.39, 0.29) is 12.3 Å². The molecule has 8 heteroatoms. The molecule has 3 aliphatic rings. The Kier molecular flexibility index (Phi) is 3.74.